The second kappa shape index (κ2) is 5.34. The fourth-order valence-electron chi connectivity index (χ4n) is 2.52. The molecule has 0 aliphatic heterocycles. The molecule has 21 heavy (non-hydrogen) atoms. The smallest absolute Gasteiger partial charge is 0.310 e. The molecule has 6 heteroatoms. The first kappa shape index (κ1) is 13.8. The number of nitrogens with one attached hydrogen (secondary N) is 1. The zero-order valence-electron chi connectivity index (χ0n) is 11.6. The number of rotatable bonds is 7. The highest BCUT2D eigenvalue weighted by Gasteiger charge is 2.49. The minimum Gasteiger partial charge on any atom is -0.484 e. The summed E-state index contributed by atoms with van der Waals surface area (Å²) in [7, 11) is 0. The standard InChI is InChI=1S/C15H17N3O3/c16-9-15(11-5-6-11,17-12-7-8-12)10-21-14-4-2-1-3-13(14)18(19)20/h1-4,11-12,17H,5-8,10H2. The Labute approximate surface area is 122 Å². The van der Waals surface area contributed by atoms with Crippen LogP contribution in [0.15, 0.2) is 24.3 Å². The third-order valence-corrected chi connectivity index (χ3v) is 4.03. The van der Waals surface area contributed by atoms with Crippen LogP contribution in [0.5, 0.6) is 5.75 Å². The molecule has 1 aromatic rings. The van der Waals surface area contributed by atoms with Gasteiger partial charge in [0.05, 0.1) is 11.0 Å². The van der Waals surface area contributed by atoms with Crippen LogP contribution in [0.25, 0.3) is 0 Å². The number of nitro groups is 1. The van der Waals surface area contributed by atoms with Crippen LogP contribution < -0.4 is 10.1 Å². The van der Waals surface area contributed by atoms with Crippen molar-refractivity contribution in [1.29, 1.82) is 5.26 Å². The van der Waals surface area contributed by atoms with Gasteiger partial charge < -0.3 is 4.74 Å². The van der Waals surface area contributed by atoms with Crippen molar-refractivity contribution in [3.8, 4) is 11.8 Å². The molecular weight excluding hydrogens is 270 g/mol. The Balaban J connectivity index is 1.75. The molecule has 0 aromatic heterocycles. The molecule has 2 aliphatic carbocycles. The highest BCUT2D eigenvalue weighted by molar-refractivity contribution is 5.45. The maximum Gasteiger partial charge on any atom is 0.310 e. The van der Waals surface area contributed by atoms with Crippen LogP contribution >= 0.6 is 0 Å². The van der Waals surface area contributed by atoms with Crippen molar-refractivity contribution in [2.75, 3.05) is 6.61 Å². The SMILES string of the molecule is N#CC(COc1ccccc1[N+](=O)[O-])(NC1CC1)C1CC1. The molecule has 1 unspecified atom stereocenters. The van der Waals surface area contributed by atoms with Gasteiger partial charge in [0.1, 0.15) is 12.1 Å². The van der Waals surface area contributed by atoms with Crippen molar-refractivity contribution in [3.05, 3.63) is 34.4 Å². The van der Waals surface area contributed by atoms with Gasteiger partial charge in [-0.3, -0.25) is 15.4 Å². The van der Waals surface area contributed by atoms with E-state index in [1.165, 1.54) is 6.07 Å². The van der Waals surface area contributed by atoms with Crippen LogP contribution in [0.2, 0.25) is 0 Å². The summed E-state index contributed by atoms with van der Waals surface area (Å²) in [4.78, 5) is 10.5. The molecule has 0 amide bonds. The second-order valence-corrected chi connectivity index (χ2v) is 5.79. The van der Waals surface area contributed by atoms with Gasteiger partial charge in [-0.2, -0.15) is 5.26 Å². The minimum atomic E-state index is -0.717. The van der Waals surface area contributed by atoms with Gasteiger partial charge in [0, 0.05) is 12.1 Å². The molecule has 1 N–H and O–H groups in total. The Morgan fingerprint density at radius 1 is 1.38 bits per heavy atom. The maximum absolute atomic E-state index is 11.0. The number of para-hydroxylation sites is 2. The lowest BCUT2D eigenvalue weighted by Crippen LogP contribution is -2.52. The van der Waals surface area contributed by atoms with Gasteiger partial charge in [0.2, 0.25) is 0 Å². The fourth-order valence-corrected chi connectivity index (χ4v) is 2.52. The normalized spacial score (nSPS) is 20.3. The van der Waals surface area contributed by atoms with Gasteiger partial charge in [-0.1, -0.05) is 12.1 Å². The quantitative estimate of drug-likeness (QED) is 0.614. The highest BCUT2D eigenvalue weighted by Crippen LogP contribution is 2.42. The van der Waals surface area contributed by atoms with Gasteiger partial charge in [0.15, 0.2) is 5.75 Å². The molecule has 1 aromatic carbocycles. The molecular formula is C15H17N3O3. The largest absolute Gasteiger partial charge is 0.484 e. The van der Waals surface area contributed by atoms with E-state index in [-0.39, 0.29) is 24.0 Å². The molecule has 2 saturated carbocycles. The van der Waals surface area contributed by atoms with E-state index < -0.39 is 10.5 Å². The summed E-state index contributed by atoms with van der Waals surface area (Å²) < 4.78 is 5.66. The van der Waals surface area contributed by atoms with E-state index in [0.717, 1.165) is 25.7 Å². The van der Waals surface area contributed by atoms with Crippen LogP contribution in [0.3, 0.4) is 0 Å². The van der Waals surface area contributed by atoms with E-state index in [0.29, 0.717) is 6.04 Å². The van der Waals surface area contributed by atoms with E-state index in [1.807, 2.05) is 0 Å². The lowest BCUT2D eigenvalue weighted by atomic mass is 9.96. The summed E-state index contributed by atoms with van der Waals surface area (Å²) in [5.74, 6) is 0.506. The minimum absolute atomic E-state index is 0.0634. The molecule has 0 bridgehead atoms. The molecule has 0 radical (unpaired) electrons. The number of nitro benzene ring substituents is 1. The zero-order valence-corrected chi connectivity index (χ0v) is 11.6. The van der Waals surface area contributed by atoms with Gasteiger partial charge in [-0.05, 0) is 37.7 Å². The number of nitriles is 1. The van der Waals surface area contributed by atoms with E-state index in [1.54, 1.807) is 18.2 Å². The lowest BCUT2D eigenvalue weighted by Gasteiger charge is -2.28. The monoisotopic (exact) mass is 287 g/mol. The summed E-state index contributed by atoms with van der Waals surface area (Å²) in [5.41, 5.74) is -0.781. The Morgan fingerprint density at radius 2 is 2.10 bits per heavy atom. The average Bonchev–Trinajstić information content (AvgIpc) is 3.37. The Morgan fingerprint density at radius 3 is 2.67 bits per heavy atom. The first-order valence-corrected chi connectivity index (χ1v) is 7.20. The molecule has 0 saturated heterocycles. The third kappa shape index (κ3) is 2.98. The molecule has 3 rings (SSSR count). The first-order chi connectivity index (χ1) is 10.1. The fraction of sp³-hybridized carbons (Fsp3) is 0.533. The van der Waals surface area contributed by atoms with E-state index in [4.69, 9.17) is 4.74 Å². The molecule has 1 atom stereocenters. The summed E-state index contributed by atoms with van der Waals surface area (Å²) in [5, 5.41) is 24.0. The van der Waals surface area contributed by atoms with Crippen molar-refractivity contribution in [2.45, 2.75) is 37.3 Å². The van der Waals surface area contributed by atoms with Crippen LogP contribution in [0.1, 0.15) is 25.7 Å². The molecule has 0 spiro atoms. The summed E-state index contributed by atoms with van der Waals surface area (Å²) in [6.07, 6.45) is 4.18. The van der Waals surface area contributed by atoms with Crippen molar-refractivity contribution in [1.82, 2.24) is 5.32 Å². The van der Waals surface area contributed by atoms with Gasteiger partial charge in [-0.25, -0.2) is 0 Å². The Bertz CT molecular complexity index is 590. The van der Waals surface area contributed by atoms with Crippen molar-refractivity contribution >= 4 is 5.69 Å². The van der Waals surface area contributed by atoms with E-state index in [9.17, 15) is 15.4 Å². The predicted molar refractivity (Wildman–Crippen MR) is 75.8 cm³/mol. The van der Waals surface area contributed by atoms with Crippen LogP contribution in [0.4, 0.5) is 5.69 Å². The number of nitrogens with zero attached hydrogens (tertiary/aromatic N) is 2. The topological polar surface area (TPSA) is 88.2 Å². The van der Waals surface area contributed by atoms with Gasteiger partial charge in [-0.15, -0.1) is 0 Å². The van der Waals surface area contributed by atoms with Crippen molar-refractivity contribution in [2.24, 2.45) is 5.92 Å². The van der Waals surface area contributed by atoms with E-state index in [2.05, 4.69) is 11.4 Å². The Hall–Kier alpha value is -2.13. The summed E-state index contributed by atoms with van der Waals surface area (Å²) >= 11 is 0. The van der Waals surface area contributed by atoms with Crippen LogP contribution in [-0.4, -0.2) is 23.1 Å². The average molecular weight is 287 g/mol. The first-order valence-electron chi connectivity index (χ1n) is 7.20. The van der Waals surface area contributed by atoms with Crippen molar-refractivity contribution < 1.29 is 9.66 Å². The van der Waals surface area contributed by atoms with Crippen LogP contribution in [-0.2, 0) is 0 Å². The number of benzene rings is 1. The van der Waals surface area contributed by atoms with Gasteiger partial charge in [0.25, 0.3) is 0 Å². The molecule has 110 valence electrons. The summed E-state index contributed by atoms with van der Waals surface area (Å²) in [6.45, 7) is 0.148. The molecule has 0 heterocycles. The maximum atomic E-state index is 11.0. The number of ether oxygens (including phenoxy) is 1. The molecule has 2 fully saturated rings. The molecule has 6 nitrogen and oxygen atoms in total. The lowest BCUT2D eigenvalue weighted by molar-refractivity contribution is -0.385. The zero-order chi connectivity index (χ0) is 14.9. The number of hydrogen-bond acceptors (Lipinski definition) is 5. The Kier molecular flexibility index (Phi) is 3.52. The van der Waals surface area contributed by atoms with Crippen LogP contribution in [0, 0.1) is 27.4 Å². The highest BCUT2D eigenvalue weighted by atomic mass is 16.6. The molecule has 2 aliphatic rings. The van der Waals surface area contributed by atoms with Gasteiger partial charge >= 0.3 is 5.69 Å². The second-order valence-electron chi connectivity index (χ2n) is 5.79. The van der Waals surface area contributed by atoms with E-state index >= 15 is 0 Å². The predicted octanol–water partition coefficient (Wildman–Crippen LogP) is 2.40. The third-order valence-electron chi connectivity index (χ3n) is 4.03. The number of hydrogen-bond donors (Lipinski definition) is 1. The summed E-state index contributed by atoms with van der Waals surface area (Å²) in [6, 6.07) is 9.03. The van der Waals surface area contributed by atoms with Crippen molar-refractivity contribution in [3.63, 3.8) is 0 Å².